The SMILES string of the molecule is COCCN(Cc1c(F)ccc(Br)c1F)C(C)C. The number of methoxy groups -OCH3 is 1. The molecule has 0 fully saturated rings. The molecular weight excluding hydrogens is 304 g/mol. The van der Waals surface area contributed by atoms with Gasteiger partial charge in [-0.25, -0.2) is 8.78 Å². The summed E-state index contributed by atoms with van der Waals surface area (Å²) in [5.74, 6) is -1.04. The maximum absolute atomic E-state index is 13.9. The summed E-state index contributed by atoms with van der Waals surface area (Å²) >= 11 is 3.07. The molecular formula is C13H18BrF2NO. The zero-order chi connectivity index (χ0) is 13.7. The summed E-state index contributed by atoms with van der Waals surface area (Å²) in [7, 11) is 1.61. The fourth-order valence-corrected chi connectivity index (χ4v) is 2.02. The number of hydrogen-bond donors (Lipinski definition) is 0. The second-order valence-corrected chi connectivity index (χ2v) is 5.23. The number of rotatable bonds is 6. The van der Waals surface area contributed by atoms with Gasteiger partial charge in [0.2, 0.25) is 0 Å². The zero-order valence-corrected chi connectivity index (χ0v) is 12.4. The van der Waals surface area contributed by atoms with Gasteiger partial charge in [-0.1, -0.05) is 0 Å². The number of halogens is 3. The van der Waals surface area contributed by atoms with Crippen LogP contribution in [-0.2, 0) is 11.3 Å². The molecule has 0 heterocycles. The van der Waals surface area contributed by atoms with E-state index in [0.717, 1.165) is 0 Å². The normalized spacial score (nSPS) is 11.6. The van der Waals surface area contributed by atoms with Gasteiger partial charge in [0.15, 0.2) is 0 Å². The van der Waals surface area contributed by atoms with Crippen LogP contribution in [0.5, 0.6) is 0 Å². The van der Waals surface area contributed by atoms with Crippen molar-refractivity contribution in [3.8, 4) is 0 Å². The molecule has 0 saturated heterocycles. The minimum atomic E-state index is -0.530. The topological polar surface area (TPSA) is 12.5 Å². The van der Waals surface area contributed by atoms with Gasteiger partial charge in [-0.15, -0.1) is 0 Å². The monoisotopic (exact) mass is 321 g/mol. The molecule has 0 saturated carbocycles. The number of ether oxygens (including phenoxy) is 1. The predicted molar refractivity (Wildman–Crippen MR) is 71.5 cm³/mol. The van der Waals surface area contributed by atoms with Crippen molar-refractivity contribution in [3.05, 3.63) is 33.8 Å². The van der Waals surface area contributed by atoms with Crippen LogP contribution in [0.15, 0.2) is 16.6 Å². The Morgan fingerprint density at radius 2 is 2.00 bits per heavy atom. The van der Waals surface area contributed by atoms with E-state index in [9.17, 15) is 8.78 Å². The van der Waals surface area contributed by atoms with E-state index in [-0.39, 0.29) is 22.6 Å². The Morgan fingerprint density at radius 1 is 1.33 bits per heavy atom. The molecule has 0 aliphatic rings. The van der Waals surface area contributed by atoms with Crippen LogP contribution in [0.25, 0.3) is 0 Å². The van der Waals surface area contributed by atoms with Crippen LogP contribution in [0.1, 0.15) is 19.4 Å². The molecule has 0 aliphatic carbocycles. The average molecular weight is 322 g/mol. The largest absolute Gasteiger partial charge is 0.383 e. The van der Waals surface area contributed by atoms with Gasteiger partial charge in [0.05, 0.1) is 11.1 Å². The van der Waals surface area contributed by atoms with E-state index in [0.29, 0.717) is 13.2 Å². The minimum Gasteiger partial charge on any atom is -0.383 e. The third kappa shape index (κ3) is 4.00. The first-order valence-electron chi connectivity index (χ1n) is 5.82. The quantitative estimate of drug-likeness (QED) is 0.742. The number of nitrogens with zero attached hydrogens (tertiary/aromatic N) is 1. The third-order valence-corrected chi connectivity index (χ3v) is 3.43. The Labute approximate surface area is 115 Å². The highest BCUT2D eigenvalue weighted by atomic mass is 79.9. The molecule has 0 atom stereocenters. The lowest BCUT2D eigenvalue weighted by molar-refractivity contribution is 0.123. The molecule has 2 nitrogen and oxygen atoms in total. The summed E-state index contributed by atoms with van der Waals surface area (Å²) in [6.45, 7) is 5.39. The van der Waals surface area contributed by atoms with Crippen molar-refractivity contribution in [2.24, 2.45) is 0 Å². The van der Waals surface area contributed by atoms with Crippen molar-refractivity contribution < 1.29 is 13.5 Å². The van der Waals surface area contributed by atoms with Crippen LogP contribution in [0, 0.1) is 11.6 Å². The second kappa shape index (κ2) is 7.16. The Morgan fingerprint density at radius 3 is 2.56 bits per heavy atom. The summed E-state index contributed by atoms with van der Waals surface area (Å²) < 4.78 is 32.8. The average Bonchev–Trinajstić information content (AvgIpc) is 2.33. The molecule has 0 aliphatic heterocycles. The molecule has 1 aromatic rings. The fourth-order valence-electron chi connectivity index (χ4n) is 1.65. The van der Waals surface area contributed by atoms with Crippen LogP contribution in [-0.4, -0.2) is 31.2 Å². The van der Waals surface area contributed by atoms with Gasteiger partial charge in [0.1, 0.15) is 11.6 Å². The van der Waals surface area contributed by atoms with E-state index in [1.165, 1.54) is 12.1 Å². The molecule has 0 N–H and O–H groups in total. The molecule has 0 amide bonds. The molecule has 0 radical (unpaired) electrons. The van der Waals surface area contributed by atoms with Gasteiger partial charge in [-0.05, 0) is 41.9 Å². The van der Waals surface area contributed by atoms with Crippen molar-refractivity contribution in [3.63, 3.8) is 0 Å². The molecule has 0 aromatic heterocycles. The molecule has 1 rings (SSSR count). The van der Waals surface area contributed by atoms with Gasteiger partial charge >= 0.3 is 0 Å². The Balaban J connectivity index is 2.89. The first kappa shape index (κ1) is 15.5. The summed E-state index contributed by atoms with van der Waals surface area (Å²) in [4.78, 5) is 1.97. The lowest BCUT2D eigenvalue weighted by Crippen LogP contribution is -2.34. The van der Waals surface area contributed by atoms with E-state index >= 15 is 0 Å². The smallest absolute Gasteiger partial charge is 0.144 e. The van der Waals surface area contributed by atoms with Crippen LogP contribution in [0.2, 0.25) is 0 Å². The molecule has 5 heteroatoms. The summed E-state index contributed by atoms with van der Waals surface area (Å²) in [6, 6.07) is 2.85. The first-order chi connectivity index (χ1) is 8.47. The van der Waals surface area contributed by atoms with E-state index in [2.05, 4.69) is 15.9 Å². The Bertz CT molecular complexity index is 399. The fraction of sp³-hybridized carbons (Fsp3) is 0.538. The Kier molecular flexibility index (Phi) is 6.18. The zero-order valence-electron chi connectivity index (χ0n) is 10.8. The van der Waals surface area contributed by atoms with Gasteiger partial charge in [0.25, 0.3) is 0 Å². The number of hydrogen-bond acceptors (Lipinski definition) is 2. The summed E-state index contributed by atoms with van der Waals surface area (Å²) in [6.07, 6.45) is 0. The molecule has 1 aromatic carbocycles. The molecule has 18 heavy (non-hydrogen) atoms. The van der Waals surface area contributed by atoms with Crippen molar-refractivity contribution >= 4 is 15.9 Å². The maximum atomic E-state index is 13.9. The lowest BCUT2D eigenvalue weighted by atomic mass is 10.1. The molecule has 102 valence electrons. The van der Waals surface area contributed by atoms with E-state index in [1.807, 2.05) is 18.7 Å². The summed E-state index contributed by atoms with van der Waals surface area (Å²) in [5.41, 5.74) is 0.0918. The van der Waals surface area contributed by atoms with Crippen LogP contribution >= 0.6 is 15.9 Å². The highest BCUT2D eigenvalue weighted by molar-refractivity contribution is 9.10. The van der Waals surface area contributed by atoms with Gasteiger partial charge in [-0.2, -0.15) is 0 Å². The van der Waals surface area contributed by atoms with Crippen LogP contribution < -0.4 is 0 Å². The molecule has 0 unspecified atom stereocenters. The first-order valence-corrected chi connectivity index (χ1v) is 6.62. The van der Waals surface area contributed by atoms with Gasteiger partial charge in [-0.3, -0.25) is 4.90 Å². The minimum absolute atomic E-state index is 0.0918. The van der Waals surface area contributed by atoms with E-state index in [4.69, 9.17) is 4.74 Å². The van der Waals surface area contributed by atoms with Gasteiger partial charge in [0, 0.05) is 31.8 Å². The van der Waals surface area contributed by atoms with Crippen LogP contribution in [0.3, 0.4) is 0 Å². The van der Waals surface area contributed by atoms with Crippen molar-refractivity contribution in [2.45, 2.75) is 26.4 Å². The molecule has 0 spiro atoms. The van der Waals surface area contributed by atoms with E-state index in [1.54, 1.807) is 7.11 Å². The van der Waals surface area contributed by atoms with Gasteiger partial charge < -0.3 is 4.74 Å². The second-order valence-electron chi connectivity index (χ2n) is 4.38. The maximum Gasteiger partial charge on any atom is 0.144 e. The van der Waals surface area contributed by atoms with Crippen molar-refractivity contribution in [2.75, 3.05) is 20.3 Å². The van der Waals surface area contributed by atoms with E-state index < -0.39 is 11.6 Å². The van der Waals surface area contributed by atoms with Crippen molar-refractivity contribution in [1.29, 1.82) is 0 Å². The third-order valence-electron chi connectivity index (χ3n) is 2.81. The van der Waals surface area contributed by atoms with Crippen molar-refractivity contribution in [1.82, 2.24) is 4.90 Å². The Hall–Kier alpha value is -0.520. The summed E-state index contributed by atoms with van der Waals surface area (Å²) in [5, 5.41) is 0. The highest BCUT2D eigenvalue weighted by Gasteiger charge is 2.17. The standard InChI is InChI=1S/C13H18BrF2NO/c1-9(2)17(6-7-18-3)8-10-12(15)5-4-11(14)13(10)16/h4-5,9H,6-8H2,1-3H3. The number of benzene rings is 1. The van der Waals surface area contributed by atoms with Crippen LogP contribution in [0.4, 0.5) is 8.78 Å². The lowest BCUT2D eigenvalue weighted by Gasteiger charge is -2.26. The molecule has 0 bridgehead atoms. The highest BCUT2D eigenvalue weighted by Crippen LogP contribution is 2.23. The predicted octanol–water partition coefficient (Wildman–Crippen LogP) is 3.58.